The molecule has 12 rings (SSSR count). The van der Waals surface area contributed by atoms with E-state index in [2.05, 4.69) is 15.3 Å². The molecular formula is C75H84F6N10O10. The van der Waals surface area contributed by atoms with Gasteiger partial charge in [-0.2, -0.15) is 0 Å². The molecule has 8 aromatic rings. The summed E-state index contributed by atoms with van der Waals surface area (Å²) >= 11 is 0. The van der Waals surface area contributed by atoms with E-state index >= 15 is 31.1 Å². The second-order valence-electron chi connectivity index (χ2n) is 28.7. The number of aryl methyl sites for hydroxylation is 2. The first-order valence-corrected chi connectivity index (χ1v) is 33.5. The van der Waals surface area contributed by atoms with E-state index in [9.17, 15) is 19.2 Å². The highest BCUT2D eigenvalue weighted by molar-refractivity contribution is 6.05. The van der Waals surface area contributed by atoms with Gasteiger partial charge >= 0.3 is 18.2 Å². The summed E-state index contributed by atoms with van der Waals surface area (Å²) in [5, 5.41) is 3.36. The van der Waals surface area contributed by atoms with E-state index in [-0.39, 0.29) is 126 Å². The monoisotopic (exact) mass is 1400 g/mol. The fourth-order valence-electron chi connectivity index (χ4n) is 14.3. The van der Waals surface area contributed by atoms with Crippen LogP contribution in [-0.2, 0) is 19.0 Å². The Bertz CT molecular complexity index is 4780. The van der Waals surface area contributed by atoms with E-state index in [1.165, 1.54) is 59.6 Å². The molecule has 0 bridgehead atoms. The van der Waals surface area contributed by atoms with Crippen molar-refractivity contribution in [3.05, 3.63) is 151 Å². The molecule has 0 radical (unpaired) electrons. The standard InChI is InChI=1S/C39H44F3N5O6.C36H40F3N5O4/c1-20(2)32-33(21(3)13-14-43-32)47-34-24(15-26(41)30(31(34)42)29-25(40)11-10-12-27(29)51-8)35-36(37(47)49)44(19-28(48)52-9)17-23-18-45(22(4)16-46(23)35)38(50)53-39(5,6)7;1-18(2)29-31(19(3)12-13-40-29)44-32-22(14-24(38)27(28(32)39)26-23(37)10-9-11-25(26)47-8)33-30(34(44)45)41-15-21-17-42(20(4)16-43(21)33)35(46)48-36(5,6)7/h10-15,20,22-23H,16-19H2,1-9H3;9-14,18,20-21,41H,15-17H2,1-8H3/t22-,23+;20-,21+/m11/s1. The van der Waals surface area contributed by atoms with Gasteiger partial charge in [0.1, 0.15) is 63.9 Å². The number of rotatable bonds is 10. The lowest BCUT2D eigenvalue weighted by atomic mass is 9.95. The number of methoxy groups -OCH3 is 3. The number of hydrogen-bond donors (Lipinski definition) is 1. The molecule has 0 spiro atoms. The van der Waals surface area contributed by atoms with Gasteiger partial charge in [0.05, 0.1) is 101 Å². The van der Waals surface area contributed by atoms with E-state index in [1.54, 1.807) is 89.7 Å². The molecule has 0 unspecified atom stereocenters. The number of fused-ring (bicyclic) bond motifs is 10. The van der Waals surface area contributed by atoms with Crippen molar-refractivity contribution in [2.45, 2.75) is 144 Å². The number of hydrogen-bond acceptors (Lipinski definition) is 16. The van der Waals surface area contributed by atoms with Crippen molar-refractivity contribution in [3.8, 4) is 45.1 Å². The molecule has 0 aliphatic carbocycles. The first kappa shape index (κ1) is 72.2. The summed E-state index contributed by atoms with van der Waals surface area (Å²) in [5.74, 6) is -7.45. The molecule has 2 fully saturated rings. The summed E-state index contributed by atoms with van der Waals surface area (Å²) in [6.07, 6.45) is 2.21. The van der Waals surface area contributed by atoms with Crippen LogP contribution in [0, 0.1) is 48.8 Å². The Morgan fingerprint density at radius 1 is 0.554 bits per heavy atom. The predicted molar refractivity (Wildman–Crippen MR) is 376 cm³/mol. The fraction of sp³-hybridized carbons (Fsp3) is 0.427. The molecule has 4 aromatic carbocycles. The SMILES string of the molecule is COC(=O)CN1C[C@H]2CN(C(=O)OC(C)(C)C)[C@H](C)CN2c2c1c(=O)n(-c1c(C)ccnc1C(C)C)c1c(F)c(-c3c(F)cccc3OC)c(F)cc21.COc1cccc(F)c1-c1c(F)cc2c3c(c(=O)n(-c4c(C)ccnc4C(C)C)c2c1F)NC[C@H]1CN(C(=O)OC(C)(C)C)[C@H](C)CN31. The Balaban J connectivity index is 0.000000204. The van der Waals surface area contributed by atoms with Gasteiger partial charge in [-0.05, 0) is 141 Å². The van der Waals surface area contributed by atoms with Crippen molar-refractivity contribution in [2.75, 3.05) is 87.2 Å². The van der Waals surface area contributed by atoms with Gasteiger partial charge in [0.2, 0.25) is 0 Å². The van der Waals surface area contributed by atoms with Gasteiger partial charge in [-0.3, -0.25) is 33.5 Å². The molecule has 1 N–H and O–H groups in total. The van der Waals surface area contributed by atoms with Crippen LogP contribution in [-0.4, -0.2) is 150 Å². The maximum atomic E-state index is 17.6. The minimum atomic E-state index is -1.19. The Kier molecular flexibility index (Phi) is 19.7. The number of aromatic nitrogens is 4. The first-order valence-electron chi connectivity index (χ1n) is 33.5. The third kappa shape index (κ3) is 13.1. The van der Waals surface area contributed by atoms with Gasteiger partial charge in [0.25, 0.3) is 11.1 Å². The van der Waals surface area contributed by atoms with Crippen LogP contribution in [0.25, 0.3) is 55.4 Å². The van der Waals surface area contributed by atoms with Crippen LogP contribution in [0.3, 0.4) is 0 Å². The van der Waals surface area contributed by atoms with E-state index in [0.29, 0.717) is 33.9 Å². The number of carbonyl (C=O) groups excluding carboxylic acids is 3. The highest BCUT2D eigenvalue weighted by Gasteiger charge is 2.46. The van der Waals surface area contributed by atoms with Gasteiger partial charge in [0, 0.05) is 74.5 Å². The van der Waals surface area contributed by atoms with E-state index in [0.717, 1.165) is 24.3 Å². The summed E-state index contributed by atoms with van der Waals surface area (Å²) in [5.41, 5.74) is -1.89. The Hall–Kier alpha value is -10.0. The fourth-order valence-corrected chi connectivity index (χ4v) is 14.3. The molecule has 2 amide bonds. The summed E-state index contributed by atoms with van der Waals surface area (Å²) in [6.45, 7) is 26.3. The third-order valence-corrected chi connectivity index (χ3v) is 18.7. The predicted octanol–water partition coefficient (Wildman–Crippen LogP) is 13.9. The minimum Gasteiger partial charge on any atom is -0.496 e. The van der Waals surface area contributed by atoms with Crippen LogP contribution in [0.1, 0.15) is 117 Å². The number of halogens is 6. The number of ether oxygens (including phenoxy) is 5. The van der Waals surface area contributed by atoms with Gasteiger partial charge in [-0.1, -0.05) is 39.8 Å². The highest BCUT2D eigenvalue weighted by atomic mass is 19.2. The lowest BCUT2D eigenvalue weighted by Gasteiger charge is -2.51. The van der Waals surface area contributed by atoms with Gasteiger partial charge < -0.3 is 53.5 Å². The van der Waals surface area contributed by atoms with Crippen molar-refractivity contribution in [1.29, 1.82) is 0 Å². The summed E-state index contributed by atoms with van der Waals surface area (Å²) in [7, 11) is 3.78. The number of nitrogens with one attached hydrogen (secondary N) is 1. The molecule has 4 aromatic heterocycles. The molecular weight excluding hydrogens is 1310 g/mol. The van der Waals surface area contributed by atoms with Crippen molar-refractivity contribution in [3.63, 3.8) is 0 Å². The van der Waals surface area contributed by atoms with Crippen molar-refractivity contribution in [2.24, 2.45) is 0 Å². The largest absolute Gasteiger partial charge is 0.496 e. The second kappa shape index (κ2) is 27.5. The van der Waals surface area contributed by atoms with Gasteiger partial charge in [-0.15, -0.1) is 0 Å². The molecule has 4 atom stereocenters. The van der Waals surface area contributed by atoms with E-state index < -0.39 is 110 Å². The summed E-state index contributed by atoms with van der Waals surface area (Å²) in [4.78, 5) is 87.1. The van der Waals surface area contributed by atoms with Crippen molar-refractivity contribution < 1.29 is 64.4 Å². The zero-order valence-corrected chi connectivity index (χ0v) is 59.7. The van der Waals surface area contributed by atoms with Crippen LogP contribution < -0.4 is 40.6 Å². The molecule has 4 aliphatic rings. The number of pyridine rings is 4. The topological polar surface area (TPSA) is 195 Å². The molecule has 536 valence electrons. The quantitative estimate of drug-likeness (QED) is 0.0770. The Labute approximate surface area is 581 Å². The summed E-state index contributed by atoms with van der Waals surface area (Å²) in [6, 6.07) is 11.7. The average molecular weight is 1400 g/mol. The highest BCUT2D eigenvalue weighted by Crippen LogP contribution is 2.49. The minimum absolute atomic E-state index is 0.00380. The number of piperazine rings is 2. The molecule has 2 saturated heterocycles. The molecule has 4 aliphatic heterocycles. The number of amides is 2. The lowest BCUT2D eigenvalue weighted by molar-refractivity contribution is -0.139. The van der Waals surface area contributed by atoms with Gasteiger partial charge in [-0.25, -0.2) is 35.9 Å². The van der Waals surface area contributed by atoms with Crippen LogP contribution in [0.5, 0.6) is 11.5 Å². The molecule has 0 saturated carbocycles. The second-order valence-corrected chi connectivity index (χ2v) is 28.7. The zero-order valence-electron chi connectivity index (χ0n) is 59.7. The Morgan fingerprint density at radius 3 is 1.43 bits per heavy atom. The van der Waals surface area contributed by atoms with E-state index in [4.69, 9.17) is 23.7 Å². The van der Waals surface area contributed by atoms with E-state index in [1.807, 2.05) is 51.3 Å². The molecule has 20 nitrogen and oxygen atoms in total. The average Bonchev–Trinajstić information content (AvgIpc) is 0.710. The number of benzene rings is 4. The zero-order chi connectivity index (χ0) is 73.5. The molecule has 26 heteroatoms. The number of carbonyl (C=O) groups is 3. The van der Waals surface area contributed by atoms with Crippen molar-refractivity contribution in [1.82, 2.24) is 28.9 Å². The maximum absolute atomic E-state index is 17.6. The Morgan fingerprint density at radius 2 is 0.990 bits per heavy atom. The van der Waals surface area contributed by atoms with Crippen LogP contribution in [0.2, 0.25) is 0 Å². The van der Waals surface area contributed by atoms with Crippen LogP contribution in [0.15, 0.2) is 82.6 Å². The number of anilines is 4. The first-order chi connectivity index (χ1) is 47.6. The maximum Gasteiger partial charge on any atom is 0.410 e. The summed E-state index contributed by atoms with van der Waals surface area (Å²) < 4.78 is 129. The smallest absolute Gasteiger partial charge is 0.410 e. The van der Waals surface area contributed by atoms with Crippen LogP contribution in [0.4, 0.5) is 58.7 Å². The molecule has 101 heavy (non-hydrogen) atoms. The van der Waals surface area contributed by atoms with Crippen LogP contribution >= 0.6 is 0 Å². The normalized spacial score (nSPS) is 17.4. The van der Waals surface area contributed by atoms with Crippen molar-refractivity contribution >= 4 is 62.7 Å². The number of nitrogens with zero attached hydrogens (tertiary/aromatic N) is 9. The van der Waals surface area contributed by atoms with Gasteiger partial charge in [0.15, 0.2) is 11.6 Å². The number of esters is 1. The molecule has 8 heterocycles. The lowest BCUT2D eigenvalue weighted by Crippen LogP contribution is -2.65. The third-order valence-electron chi connectivity index (χ3n) is 18.7.